The van der Waals surface area contributed by atoms with Crippen molar-refractivity contribution in [2.24, 2.45) is 0 Å². The number of rotatable bonds is 5. The van der Waals surface area contributed by atoms with Gasteiger partial charge >= 0.3 is 5.97 Å². The van der Waals surface area contributed by atoms with Gasteiger partial charge in [-0.15, -0.1) is 21.5 Å². The van der Waals surface area contributed by atoms with Gasteiger partial charge in [-0.25, -0.2) is 4.98 Å². The van der Waals surface area contributed by atoms with Gasteiger partial charge in [0.1, 0.15) is 4.83 Å². The molecule has 0 bridgehead atoms. The van der Waals surface area contributed by atoms with E-state index >= 15 is 0 Å². The van der Waals surface area contributed by atoms with Gasteiger partial charge < -0.3 is 10.5 Å². The number of methoxy groups -OCH3 is 1. The molecule has 9 heteroatoms. The highest BCUT2D eigenvalue weighted by molar-refractivity contribution is 7.99. The number of benzene rings is 1. The van der Waals surface area contributed by atoms with Crippen LogP contribution in [-0.4, -0.2) is 38.6 Å². The Morgan fingerprint density at radius 3 is 2.69 bits per heavy atom. The van der Waals surface area contributed by atoms with Crippen LogP contribution < -0.4 is 5.73 Å². The van der Waals surface area contributed by atoms with Crippen LogP contribution in [0.25, 0.3) is 26.6 Å². The first-order chi connectivity index (χ1) is 14.0. The van der Waals surface area contributed by atoms with Crippen LogP contribution in [0, 0.1) is 13.8 Å². The number of nitrogen functional groups attached to an aromatic ring is 1. The molecule has 0 radical (unpaired) electrons. The third-order valence-corrected chi connectivity index (χ3v) is 6.38. The predicted octanol–water partition coefficient (Wildman–Crippen LogP) is 4.01. The number of ether oxygens (including phenoxy) is 1. The van der Waals surface area contributed by atoms with Crippen LogP contribution in [0.5, 0.6) is 0 Å². The zero-order valence-corrected chi connectivity index (χ0v) is 17.8. The Morgan fingerprint density at radius 1 is 1.24 bits per heavy atom. The first-order valence-corrected chi connectivity index (χ1v) is 10.6. The number of aromatic nitrogens is 4. The lowest BCUT2D eigenvalue weighted by atomic mass is 10.1. The zero-order valence-electron chi connectivity index (χ0n) is 16.2. The topological polar surface area (TPSA) is 95.9 Å². The van der Waals surface area contributed by atoms with Gasteiger partial charge in [-0.3, -0.25) is 9.36 Å². The number of fused-ring (bicyclic) bond motifs is 1. The van der Waals surface area contributed by atoms with Gasteiger partial charge in [-0.05, 0) is 49.2 Å². The van der Waals surface area contributed by atoms with Crippen molar-refractivity contribution in [2.45, 2.75) is 19.0 Å². The van der Waals surface area contributed by atoms with Crippen molar-refractivity contribution < 1.29 is 9.53 Å². The number of nitrogens with two attached hydrogens (primary N) is 1. The van der Waals surface area contributed by atoms with E-state index in [1.54, 1.807) is 6.20 Å². The minimum atomic E-state index is -0.322. The molecule has 0 saturated carbocycles. The average Bonchev–Trinajstić information content (AvgIpc) is 3.26. The van der Waals surface area contributed by atoms with E-state index in [2.05, 4.69) is 33.4 Å². The molecule has 4 rings (SSSR count). The number of pyridine rings is 1. The summed E-state index contributed by atoms with van der Waals surface area (Å²) in [5.41, 5.74) is 10.2. The van der Waals surface area contributed by atoms with Crippen molar-refractivity contribution in [1.29, 1.82) is 0 Å². The second-order valence-corrected chi connectivity index (χ2v) is 8.49. The number of carbonyl (C=O) groups is 1. The number of anilines is 1. The molecule has 1 aromatic carbocycles. The Kier molecular flexibility index (Phi) is 5.25. The summed E-state index contributed by atoms with van der Waals surface area (Å²) in [6.45, 7) is 4.08. The molecule has 0 aliphatic carbocycles. The van der Waals surface area contributed by atoms with E-state index < -0.39 is 0 Å². The Hall–Kier alpha value is -2.91. The van der Waals surface area contributed by atoms with Crippen LogP contribution in [0.2, 0.25) is 0 Å². The number of carbonyl (C=O) groups excluding carboxylic acids is 1. The maximum absolute atomic E-state index is 11.7. The minimum Gasteiger partial charge on any atom is -0.468 e. The van der Waals surface area contributed by atoms with Crippen LogP contribution in [0.4, 0.5) is 5.69 Å². The zero-order chi connectivity index (χ0) is 20.5. The van der Waals surface area contributed by atoms with Crippen molar-refractivity contribution >= 4 is 45.0 Å². The summed E-state index contributed by atoms with van der Waals surface area (Å²) in [5.74, 6) is 0.447. The second kappa shape index (κ2) is 7.84. The van der Waals surface area contributed by atoms with Gasteiger partial charge in [0.2, 0.25) is 0 Å². The summed E-state index contributed by atoms with van der Waals surface area (Å²) < 4.78 is 6.70. The molecule has 0 unspecified atom stereocenters. The van der Waals surface area contributed by atoms with Gasteiger partial charge in [0, 0.05) is 11.6 Å². The van der Waals surface area contributed by atoms with E-state index in [0.717, 1.165) is 31.9 Å². The maximum atomic E-state index is 11.7. The smallest absolute Gasteiger partial charge is 0.316 e. The van der Waals surface area contributed by atoms with Crippen molar-refractivity contribution in [3.05, 3.63) is 47.7 Å². The van der Waals surface area contributed by atoms with E-state index in [9.17, 15) is 4.79 Å². The molecular formula is C20H19N5O2S2. The van der Waals surface area contributed by atoms with Gasteiger partial charge in [0.25, 0.3) is 0 Å². The number of aryl methyl sites for hydroxylation is 2. The van der Waals surface area contributed by atoms with E-state index in [1.807, 2.05) is 30.5 Å². The summed E-state index contributed by atoms with van der Waals surface area (Å²) in [5, 5.41) is 10.3. The summed E-state index contributed by atoms with van der Waals surface area (Å²) in [7, 11) is 1.37. The number of hydrogen-bond donors (Lipinski definition) is 1. The molecule has 3 heterocycles. The highest BCUT2D eigenvalue weighted by atomic mass is 32.2. The molecule has 0 atom stereocenters. The van der Waals surface area contributed by atoms with Crippen molar-refractivity contribution in [2.75, 3.05) is 18.6 Å². The molecule has 29 heavy (non-hydrogen) atoms. The van der Waals surface area contributed by atoms with E-state index in [1.165, 1.54) is 30.2 Å². The van der Waals surface area contributed by atoms with Crippen molar-refractivity contribution in [3.63, 3.8) is 0 Å². The van der Waals surface area contributed by atoms with Gasteiger partial charge in [0.05, 0.1) is 29.1 Å². The molecule has 0 amide bonds. The van der Waals surface area contributed by atoms with Crippen molar-refractivity contribution in [3.8, 4) is 16.4 Å². The van der Waals surface area contributed by atoms with Gasteiger partial charge in [0.15, 0.2) is 11.0 Å². The van der Waals surface area contributed by atoms with Crippen LogP contribution in [0.1, 0.15) is 11.1 Å². The molecule has 148 valence electrons. The molecule has 0 spiro atoms. The number of thioether (sulfide) groups is 1. The monoisotopic (exact) mass is 425 g/mol. The van der Waals surface area contributed by atoms with Crippen LogP contribution in [0.3, 0.4) is 0 Å². The highest BCUT2D eigenvalue weighted by Crippen LogP contribution is 2.40. The van der Waals surface area contributed by atoms with Gasteiger partial charge in [-0.1, -0.05) is 17.8 Å². The molecule has 2 N–H and O–H groups in total. The number of thiophene rings is 1. The standard InChI is InChI=1S/C20H19N5O2S2/c1-11-7-12(2)9-13(8-11)25-18(23-24-20(25)28-10-15(26)27-3)17-16(21)14-5-4-6-22-19(14)29-17/h4-9H,10,21H2,1-3H3. The summed E-state index contributed by atoms with van der Waals surface area (Å²) in [4.78, 5) is 17.7. The molecule has 4 aromatic rings. The largest absolute Gasteiger partial charge is 0.468 e. The fourth-order valence-electron chi connectivity index (χ4n) is 3.12. The lowest BCUT2D eigenvalue weighted by Gasteiger charge is -2.11. The molecule has 0 fully saturated rings. The minimum absolute atomic E-state index is 0.142. The Balaban J connectivity index is 1.90. The van der Waals surface area contributed by atoms with Crippen LogP contribution in [-0.2, 0) is 9.53 Å². The fraction of sp³-hybridized carbons (Fsp3) is 0.200. The van der Waals surface area contributed by atoms with E-state index in [0.29, 0.717) is 16.7 Å². The Bertz CT molecular complexity index is 1190. The fourth-order valence-corrected chi connectivity index (χ4v) is 4.95. The van der Waals surface area contributed by atoms with Gasteiger partial charge in [-0.2, -0.15) is 0 Å². The average molecular weight is 426 g/mol. The molecular weight excluding hydrogens is 406 g/mol. The van der Waals surface area contributed by atoms with E-state index in [-0.39, 0.29) is 11.7 Å². The number of esters is 1. The first-order valence-electron chi connectivity index (χ1n) is 8.85. The highest BCUT2D eigenvalue weighted by Gasteiger charge is 2.22. The third-order valence-electron chi connectivity index (χ3n) is 4.35. The van der Waals surface area contributed by atoms with Crippen LogP contribution in [0.15, 0.2) is 41.7 Å². The molecule has 0 aliphatic rings. The first kappa shape index (κ1) is 19.4. The summed E-state index contributed by atoms with van der Waals surface area (Å²) in [6.07, 6.45) is 1.74. The molecule has 0 saturated heterocycles. The maximum Gasteiger partial charge on any atom is 0.316 e. The van der Waals surface area contributed by atoms with E-state index in [4.69, 9.17) is 10.5 Å². The number of nitrogens with zero attached hydrogens (tertiary/aromatic N) is 4. The third kappa shape index (κ3) is 3.70. The Labute approximate surface area is 175 Å². The normalized spacial score (nSPS) is 11.1. The Morgan fingerprint density at radius 2 is 2.00 bits per heavy atom. The second-order valence-electron chi connectivity index (χ2n) is 6.55. The van der Waals surface area contributed by atoms with Crippen LogP contribution >= 0.6 is 23.1 Å². The lowest BCUT2D eigenvalue weighted by Crippen LogP contribution is -2.06. The van der Waals surface area contributed by atoms with Crippen molar-refractivity contribution in [1.82, 2.24) is 19.7 Å². The summed E-state index contributed by atoms with van der Waals surface area (Å²) >= 11 is 2.75. The summed E-state index contributed by atoms with van der Waals surface area (Å²) in [6, 6.07) is 10.0. The molecule has 7 nitrogen and oxygen atoms in total. The molecule has 3 aromatic heterocycles. The quantitative estimate of drug-likeness (QED) is 0.381. The SMILES string of the molecule is COC(=O)CSc1nnc(-c2sc3ncccc3c2N)n1-c1cc(C)cc(C)c1. The predicted molar refractivity (Wildman–Crippen MR) is 117 cm³/mol. The number of hydrogen-bond acceptors (Lipinski definition) is 8. The molecule has 0 aliphatic heterocycles. The lowest BCUT2D eigenvalue weighted by molar-refractivity contribution is -0.137.